The Labute approximate surface area is 275 Å². The van der Waals surface area contributed by atoms with Crippen molar-refractivity contribution in [1.82, 2.24) is 5.32 Å². The third-order valence-electron chi connectivity index (χ3n) is 10.7. The van der Waals surface area contributed by atoms with Gasteiger partial charge in [-0.2, -0.15) is 0 Å². The van der Waals surface area contributed by atoms with Gasteiger partial charge in [0.05, 0.1) is 12.0 Å². The van der Waals surface area contributed by atoms with Crippen LogP contribution in [0.2, 0.25) is 0 Å². The van der Waals surface area contributed by atoms with Gasteiger partial charge in [0.25, 0.3) is 6.02 Å². The summed E-state index contributed by atoms with van der Waals surface area (Å²) in [6.07, 6.45) is 18.7. The Morgan fingerprint density at radius 3 is 2.37 bits per heavy atom. The first-order valence-corrected chi connectivity index (χ1v) is 17.9. The number of unbranched alkanes of at least 4 members (excludes halogenated alkanes) is 1. The first-order valence-electron chi connectivity index (χ1n) is 17.9. The Hall–Kier alpha value is -3.03. The minimum atomic E-state index is -0.874. The van der Waals surface area contributed by atoms with Gasteiger partial charge in [-0.3, -0.25) is 14.4 Å². The molecule has 1 N–H and O–H groups in total. The number of carbonyl (C=O) groups excluding carboxylic acids is 4. The predicted molar refractivity (Wildman–Crippen MR) is 180 cm³/mol. The number of rotatable bonds is 10. The van der Waals surface area contributed by atoms with E-state index in [2.05, 4.69) is 19.2 Å². The van der Waals surface area contributed by atoms with Gasteiger partial charge in [-0.05, 0) is 88.4 Å². The summed E-state index contributed by atoms with van der Waals surface area (Å²) in [7, 11) is 0. The number of ketones is 1. The molecule has 0 radical (unpaired) electrons. The van der Waals surface area contributed by atoms with Gasteiger partial charge in [-0.15, -0.1) is 0 Å². The molecular formula is C38H56N2O6. The van der Waals surface area contributed by atoms with Crippen molar-refractivity contribution in [3.63, 3.8) is 0 Å². The molecule has 0 aromatic rings. The normalized spacial score (nSPS) is 28.5. The maximum absolute atomic E-state index is 14.2. The van der Waals surface area contributed by atoms with Crippen molar-refractivity contribution >= 4 is 30.0 Å². The highest BCUT2D eigenvalue weighted by molar-refractivity contribution is 6.09. The zero-order chi connectivity index (χ0) is 33.3. The van der Waals surface area contributed by atoms with Gasteiger partial charge < -0.3 is 14.8 Å². The molecule has 0 amide bonds. The fraction of sp³-hybridized carbons (Fsp3) is 0.711. The van der Waals surface area contributed by atoms with E-state index in [4.69, 9.17) is 14.5 Å². The summed E-state index contributed by atoms with van der Waals surface area (Å²) in [6, 6.07) is 0.672. The fourth-order valence-electron chi connectivity index (χ4n) is 7.82. The van der Waals surface area contributed by atoms with Gasteiger partial charge in [0.15, 0.2) is 5.78 Å². The van der Waals surface area contributed by atoms with Gasteiger partial charge in [0.1, 0.15) is 12.4 Å². The average Bonchev–Trinajstić information content (AvgIpc) is 3.04. The second kappa shape index (κ2) is 16.7. The number of fused-ring (bicyclic) bond motifs is 1. The minimum Gasteiger partial charge on any atom is -0.454 e. The standard InChI is InChI=1S/C38H56N2O6/c1-6-7-14-25(2)21-26(3)35(43)45-34-20-19-31(38(5)23-30(27(4)24-41)33(42)22-32(34)38)36(44)46-37(39-28-15-10-8-11-16-28)40-29-17-12-9-13-18-29/h21-22,24-25,28-29,31,34H,6-20,23H2,1-5H3,(H,39,40)/b26-21+,30-27+/t25?,31-,34-,38-/m1/s1. The lowest BCUT2D eigenvalue weighted by atomic mass is 9.57. The Morgan fingerprint density at radius 2 is 1.72 bits per heavy atom. The number of esters is 2. The van der Waals surface area contributed by atoms with Crippen LogP contribution in [-0.4, -0.2) is 48.2 Å². The third kappa shape index (κ3) is 9.07. The quantitative estimate of drug-likeness (QED) is 0.0862. The molecule has 0 bridgehead atoms. The van der Waals surface area contributed by atoms with Crippen molar-refractivity contribution < 1.29 is 28.7 Å². The third-order valence-corrected chi connectivity index (χ3v) is 10.7. The molecule has 1 unspecified atom stereocenters. The van der Waals surface area contributed by atoms with E-state index < -0.39 is 29.4 Å². The van der Waals surface area contributed by atoms with Crippen LogP contribution in [0.1, 0.15) is 137 Å². The van der Waals surface area contributed by atoms with Crippen LogP contribution in [0.5, 0.6) is 0 Å². The van der Waals surface area contributed by atoms with Crippen LogP contribution in [0.25, 0.3) is 0 Å². The smallest absolute Gasteiger partial charge is 0.333 e. The lowest BCUT2D eigenvalue weighted by Crippen LogP contribution is -2.49. The van der Waals surface area contributed by atoms with Gasteiger partial charge in [-0.1, -0.05) is 78.2 Å². The summed E-state index contributed by atoms with van der Waals surface area (Å²) >= 11 is 0. The number of nitrogens with one attached hydrogen (secondary N) is 1. The Morgan fingerprint density at radius 1 is 1.04 bits per heavy atom. The van der Waals surface area contributed by atoms with E-state index in [0.717, 1.165) is 70.6 Å². The topological polar surface area (TPSA) is 111 Å². The largest absolute Gasteiger partial charge is 0.454 e. The number of carbonyl (C=O) groups is 4. The van der Waals surface area contributed by atoms with Gasteiger partial charge in [0.2, 0.25) is 0 Å². The molecule has 254 valence electrons. The molecule has 4 atom stereocenters. The van der Waals surface area contributed by atoms with Gasteiger partial charge >= 0.3 is 11.9 Å². The summed E-state index contributed by atoms with van der Waals surface area (Å²) in [5.74, 6) is -1.43. The van der Waals surface area contributed by atoms with Crippen LogP contribution in [0, 0.1) is 17.3 Å². The van der Waals surface area contributed by atoms with Crippen molar-refractivity contribution in [2.75, 3.05) is 0 Å². The van der Waals surface area contributed by atoms with Crippen LogP contribution in [0.15, 0.2) is 39.4 Å². The fourth-order valence-corrected chi connectivity index (χ4v) is 7.82. The second-order valence-electron chi connectivity index (χ2n) is 14.5. The molecule has 4 aliphatic rings. The molecule has 8 nitrogen and oxygen atoms in total. The second-order valence-corrected chi connectivity index (χ2v) is 14.5. The van der Waals surface area contributed by atoms with Crippen LogP contribution < -0.4 is 5.32 Å². The number of aldehydes is 1. The molecule has 0 aliphatic heterocycles. The van der Waals surface area contributed by atoms with E-state index in [9.17, 15) is 19.2 Å². The van der Waals surface area contributed by atoms with E-state index in [1.807, 2.05) is 13.0 Å². The van der Waals surface area contributed by atoms with Crippen LogP contribution >= 0.6 is 0 Å². The van der Waals surface area contributed by atoms with Crippen molar-refractivity contribution in [3.05, 3.63) is 34.4 Å². The van der Waals surface area contributed by atoms with Crippen LogP contribution in [0.3, 0.4) is 0 Å². The van der Waals surface area contributed by atoms with Crippen molar-refractivity contribution in [2.24, 2.45) is 22.2 Å². The summed E-state index contributed by atoms with van der Waals surface area (Å²) in [5.41, 5.74) is 1.04. The van der Waals surface area contributed by atoms with E-state index in [1.165, 1.54) is 18.9 Å². The summed E-state index contributed by atoms with van der Waals surface area (Å²) in [5, 5.41) is 3.48. The SMILES string of the molecule is CCCCC(C)/C=C(\C)C(=O)O[C@@H]1CC[C@H](C(=O)OC(=NC2CCCCC2)NC2CCCCC2)[C@@]2(C)C/C(=C(/C)C=O)C(=O)C=C12. The van der Waals surface area contributed by atoms with E-state index >= 15 is 0 Å². The molecule has 0 aromatic carbocycles. The monoisotopic (exact) mass is 636 g/mol. The maximum atomic E-state index is 14.2. The minimum absolute atomic E-state index is 0.131. The maximum Gasteiger partial charge on any atom is 0.333 e. The molecule has 4 rings (SSSR count). The average molecular weight is 637 g/mol. The predicted octanol–water partition coefficient (Wildman–Crippen LogP) is 7.66. The molecule has 0 aromatic heterocycles. The number of nitrogens with zero attached hydrogens (tertiary/aromatic N) is 1. The van der Waals surface area contributed by atoms with E-state index in [0.29, 0.717) is 47.4 Å². The molecule has 3 saturated carbocycles. The number of amidine groups is 1. The summed E-state index contributed by atoms with van der Waals surface area (Å²) < 4.78 is 12.2. The van der Waals surface area contributed by atoms with Crippen LogP contribution in [0.4, 0.5) is 0 Å². The Balaban J connectivity index is 1.60. The molecular weight excluding hydrogens is 580 g/mol. The summed E-state index contributed by atoms with van der Waals surface area (Å²) in [6.45, 7) is 9.59. The zero-order valence-electron chi connectivity index (χ0n) is 28.8. The molecule has 0 saturated heterocycles. The molecule has 0 spiro atoms. The van der Waals surface area contributed by atoms with Crippen molar-refractivity contribution in [3.8, 4) is 0 Å². The molecule has 4 aliphatic carbocycles. The number of aliphatic imine (C=N–C) groups is 1. The Kier molecular flexibility index (Phi) is 13.0. The van der Waals surface area contributed by atoms with Gasteiger partial charge in [-0.25, -0.2) is 9.79 Å². The zero-order valence-corrected chi connectivity index (χ0v) is 28.8. The van der Waals surface area contributed by atoms with Crippen LogP contribution in [-0.2, 0) is 28.7 Å². The lowest BCUT2D eigenvalue weighted by molar-refractivity contribution is -0.150. The highest BCUT2D eigenvalue weighted by Gasteiger charge is 2.53. The highest BCUT2D eigenvalue weighted by Crippen LogP contribution is 2.53. The number of hydrogen-bond donors (Lipinski definition) is 1. The van der Waals surface area contributed by atoms with Crippen molar-refractivity contribution in [1.29, 1.82) is 0 Å². The first-order chi connectivity index (χ1) is 22.0. The molecule has 8 heteroatoms. The lowest BCUT2D eigenvalue weighted by Gasteiger charge is -2.47. The first kappa shape index (κ1) is 35.8. The number of ether oxygens (including phenoxy) is 2. The molecule has 0 heterocycles. The Bertz CT molecular complexity index is 1250. The van der Waals surface area contributed by atoms with Gasteiger partial charge in [0, 0.05) is 22.6 Å². The molecule has 46 heavy (non-hydrogen) atoms. The highest BCUT2D eigenvalue weighted by atomic mass is 16.6. The van der Waals surface area contributed by atoms with E-state index in [-0.39, 0.29) is 30.2 Å². The molecule has 3 fully saturated rings. The van der Waals surface area contributed by atoms with Crippen molar-refractivity contribution in [2.45, 2.75) is 156 Å². The number of allylic oxidation sites excluding steroid dienone is 4. The number of hydrogen-bond acceptors (Lipinski definition) is 7. The summed E-state index contributed by atoms with van der Waals surface area (Å²) in [4.78, 5) is 57.4. The van der Waals surface area contributed by atoms with E-state index in [1.54, 1.807) is 13.8 Å².